The van der Waals surface area contributed by atoms with Gasteiger partial charge < -0.3 is 15.0 Å². The van der Waals surface area contributed by atoms with Crippen LogP contribution in [0.1, 0.15) is 48.7 Å². The maximum atomic E-state index is 12.4. The van der Waals surface area contributed by atoms with Crippen LogP contribution in [0.4, 0.5) is 0 Å². The third-order valence-corrected chi connectivity index (χ3v) is 5.13. The molecule has 0 saturated heterocycles. The van der Waals surface area contributed by atoms with Gasteiger partial charge in [0, 0.05) is 13.1 Å². The summed E-state index contributed by atoms with van der Waals surface area (Å²) in [4.78, 5) is 38.2. The highest BCUT2D eigenvalue weighted by Gasteiger charge is 2.27. The van der Waals surface area contributed by atoms with E-state index in [2.05, 4.69) is 5.32 Å². The summed E-state index contributed by atoms with van der Waals surface area (Å²) in [6.07, 6.45) is 4.63. The Balaban J connectivity index is 1.75. The lowest BCUT2D eigenvalue weighted by molar-refractivity contribution is -0.158. The minimum atomic E-state index is -0.844. The minimum absolute atomic E-state index is 0.195. The second-order valence-electron chi connectivity index (χ2n) is 6.03. The minimum Gasteiger partial charge on any atom is -0.451 e. The van der Waals surface area contributed by atoms with E-state index in [1.165, 1.54) is 17.8 Å². The summed E-state index contributed by atoms with van der Waals surface area (Å²) in [5, 5.41) is 4.28. The number of ether oxygens (including phenoxy) is 1. The molecule has 0 aromatic carbocycles. The number of hydrogen-bond acceptors (Lipinski definition) is 5. The Hall–Kier alpha value is -1.89. The van der Waals surface area contributed by atoms with Gasteiger partial charge in [-0.25, -0.2) is 0 Å². The number of likely N-dealkylation sites (N-methyl/N-ethyl adjacent to an activating group) is 1. The fraction of sp³-hybridized carbons (Fsp3) is 0.588. The molecule has 1 aliphatic carbocycles. The van der Waals surface area contributed by atoms with E-state index in [4.69, 9.17) is 4.74 Å². The van der Waals surface area contributed by atoms with Crippen molar-refractivity contribution in [3.05, 3.63) is 22.4 Å². The van der Waals surface area contributed by atoms with Gasteiger partial charge in [-0.15, -0.1) is 11.3 Å². The van der Waals surface area contributed by atoms with Gasteiger partial charge in [-0.2, -0.15) is 0 Å². The van der Waals surface area contributed by atoms with Crippen LogP contribution in [0.2, 0.25) is 0 Å². The van der Waals surface area contributed by atoms with Gasteiger partial charge in [0.25, 0.3) is 11.8 Å². The van der Waals surface area contributed by atoms with E-state index in [1.54, 1.807) is 36.4 Å². The fourth-order valence-corrected chi connectivity index (χ4v) is 3.51. The molecule has 0 spiro atoms. The van der Waals surface area contributed by atoms with Crippen LogP contribution < -0.4 is 5.32 Å². The molecule has 1 heterocycles. The lowest BCUT2D eigenvalue weighted by atomic mass is 9.94. The molecule has 1 atom stereocenters. The molecule has 0 radical (unpaired) electrons. The summed E-state index contributed by atoms with van der Waals surface area (Å²) in [5.74, 6) is -1.13. The molecule has 1 aliphatic rings. The van der Waals surface area contributed by atoms with Gasteiger partial charge >= 0.3 is 5.97 Å². The van der Waals surface area contributed by atoms with Crippen LogP contribution in [0, 0.1) is 0 Å². The molecule has 7 heteroatoms. The van der Waals surface area contributed by atoms with E-state index in [-0.39, 0.29) is 24.4 Å². The molecule has 0 unspecified atom stereocenters. The number of rotatable bonds is 6. The zero-order chi connectivity index (χ0) is 17.5. The van der Waals surface area contributed by atoms with E-state index in [0.717, 1.165) is 25.7 Å². The molecule has 2 amide bonds. The second kappa shape index (κ2) is 8.82. The standard InChI is InChI=1S/C17H24N2O4S/c1-12(17(22)19(2)13-7-4-3-5-8-13)23-15(20)11-18-16(21)14-9-6-10-24-14/h6,9-10,12-13H,3-5,7-8,11H2,1-2H3,(H,18,21)/t12-/m1/s1. The lowest BCUT2D eigenvalue weighted by Gasteiger charge is -2.32. The van der Waals surface area contributed by atoms with Gasteiger partial charge in [0.05, 0.1) is 4.88 Å². The van der Waals surface area contributed by atoms with Gasteiger partial charge in [-0.1, -0.05) is 25.3 Å². The highest BCUT2D eigenvalue weighted by atomic mass is 32.1. The highest BCUT2D eigenvalue weighted by molar-refractivity contribution is 7.12. The van der Waals surface area contributed by atoms with Crippen molar-refractivity contribution in [1.29, 1.82) is 0 Å². The molecule has 1 aromatic rings. The summed E-state index contributed by atoms with van der Waals surface area (Å²) in [5.41, 5.74) is 0. The lowest BCUT2D eigenvalue weighted by Crippen LogP contribution is -2.45. The summed E-state index contributed by atoms with van der Waals surface area (Å²) >= 11 is 1.30. The first-order valence-electron chi connectivity index (χ1n) is 8.27. The Labute approximate surface area is 146 Å². The molecule has 1 N–H and O–H groups in total. The smallest absolute Gasteiger partial charge is 0.326 e. The number of nitrogens with zero attached hydrogens (tertiary/aromatic N) is 1. The first-order chi connectivity index (χ1) is 11.5. The Morgan fingerprint density at radius 3 is 2.67 bits per heavy atom. The molecular formula is C17H24N2O4S. The van der Waals surface area contributed by atoms with Gasteiger partial charge in [0.15, 0.2) is 6.10 Å². The topological polar surface area (TPSA) is 75.7 Å². The number of nitrogens with one attached hydrogen (secondary N) is 1. The van der Waals surface area contributed by atoms with E-state index in [1.807, 2.05) is 0 Å². The summed E-state index contributed by atoms with van der Waals surface area (Å²) in [7, 11) is 1.77. The van der Waals surface area contributed by atoms with Gasteiger partial charge in [0.2, 0.25) is 0 Å². The molecule has 1 aromatic heterocycles. The maximum Gasteiger partial charge on any atom is 0.326 e. The van der Waals surface area contributed by atoms with Crippen LogP contribution in [0.15, 0.2) is 17.5 Å². The quantitative estimate of drug-likeness (QED) is 0.797. The van der Waals surface area contributed by atoms with Crippen molar-refractivity contribution in [2.75, 3.05) is 13.6 Å². The van der Waals surface area contributed by atoms with E-state index in [0.29, 0.717) is 4.88 Å². The second-order valence-corrected chi connectivity index (χ2v) is 6.98. The number of amides is 2. The van der Waals surface area contributed by atoms with E-state index >= 15 is 0 Å². The van der Waals surface area contributed by atoms with Crippen molar-refractivity contribution in [2.24, 2.45) is 0 Å². The number of hydrogen-bond donors (Lipinski definition) is 1. The molecule has 6 nitrogen and oxygen atoms in total. The Morgan fingerprint density at radius 2 is 2.04 bits per heavy atom. The van der Waals surface area contributed by atoms with Gasteiger partial charge in [-0.05, 0) is 31.2 Å². The molecule has 0 bridgehead atoms. The molecular weight excluding hydrogens is 328 g/mol. The summed E-state index contributed by atoms with van der Waals surface area (Å²) in [6, 6.07) is 3.67. The normalized spacial score (nSPS) is 16.2. The summed E-state index contributed by atoms with van der Waals surface area (Å²) in [6.45, 7) is 1.32. The first-order valence-corrected chi connectivity index (χ1v) is 9.15. The molecule has 2 rings (SSSR count). The van der Waals surface area contributed by atoms with E-state index in [9.17, 15) is 14.4 Å². The SMILES string of the molecule is C[C@@H](OC(=O)CNC(=O)c1cccs1)C(=O)N(C)C1CCCCC1. The van der Waals surface area contributed by atoms with Crippen LogP contribution >= 0.6 is 11.3 Å². The predicted molar refractivity (Wildman–Crippen MR) is 91.8 cm³/mol. The maximum absolute atomic E-state index is 12.4. The third kappa shape index (κ3) is 5.06. The largest absolute Gasteiger partial charge is 0.451 e. The number of carbonyl (C=O) groups excluding carboxylic acids is 3. The molecule has 1 fully saturated rings. The zero-order valence-electron chi connectivity index (χ0n) is 14.1. The van der Waals surface area contributed by atoms with Crippen LogP contribution in [0.3, 0.4) is 0 Å². The summed E-state index contributed by atoms with van der Waals surface area (Å²) < 4.78 is 5.15. The molecule has 0 aliphatic heterocycles. The number of thiophene rings is 1. The third-order valence-electron chi connectivity index (χ3n) is 4.26. The molecule has 24 heavy (non-hydrogen) atoms. The Kier molecular flexibility index (Phi) is 6.78. The molecule has 1 saturated carbocycles. The Morgan fingerprint density at radius 1 is 1.33 bits per heavy atom. The van der Waals surface area contributed by atoms with E-state index < -0.39 is 12.1 Å². The average molecular weight is 352 g/mol. The fourth-order valence-electron chi connectivity index (χ4n) is 2.87. The monoisotopic (exact) mass is 352 g/mol. The van der Waals surface area contributed by atoms with Crippen molar-refractivity contribution in [3.8, 4) is 0 Å². The highest BCUT2D eigenvalue weighted by Crippen LogP contribution is 2.22. The number of carbonyl (C=O) groups is 3. The van der Waals surface area contributed by atoms with Gasteiger partial charge in [0.1, 0.15) is 6.54 Å². The average Bonchev–Trinajstić information content (AvgIpc) is 3.13. The van der Waals surface area contributed by atoms with Crippen molar-refractivity contribution in [1.82, 2.24) is 10.2 Å². The van der Waals surface area contributed by atoms with Crippen LogP contribution in [-0.2, 0) is 14.3 Å². The van der Waals surface area contributed by atoms with Crippen molar-refractivity contribution in [2.45, 2.75) is 51.2 Å². The van der Waals surface area contributed by atoms with Crippen molar-refractivity contribution in [3.63, 3.8) is 0 Å². The predicted octanol–water partition coefficient (Wildman–Crippen LogP) is 2.20. The molecule has 132 valence electrons. The number of esters is 1. The zero-order valence-corrected chi connectivity index (χ0v) is 14.9. The van der Waals surface area contributed by atoms with Crippen LogP contribution in [-0.4, -0.2) is 48.4 Å². The van der Waals surface area contributed by atoms with Crippen LogP contribution in [0.5, 0.6) is 0 Å². The van der Waals surface area contributed by atoms with Crippen molar-refractivity contribution >= 4 is 29.1 Å². The van der Waals surface area contributed by atoms with Crippen LogP contribution in [0.25, 0.3) is 0 Å². The Bertz CT molecular complexity index is 567. The first kappa shape index (κ1) is 18.4. The van der Waals surface area contributed by atoms with Gasteiger partial charge in [-0.3, -0.25) is 14.4 Å². The van der Waals surface area contributed by atoms with Crippen molar-refractivity contribution < 1.29 is 19.1 Å².